The molecule has 1 amide bonds. The van der Waals surface area contributed by atoms with Crippen LogP contribution in [0.4, 0.5) is 11.6 Å². The number of nitrogens with zero attached hydrogens (tertiary/aromatic N) is 4. The SMILES string of the molecule is CNc1cc2nc3c(cnn13)C(=O)NCCCN1CCC(C1)N2. The third kappa shape index (κ3) is 2.59. The fraction of sp³-hybridized carbons (Fsp3) is 0.533. The summed E-state index contributed by atoms with van der Waals surface area (Å²) in [5, 5.41) is 13.9. The van der Waals surface area contributed by atoms with Crippen LogP contribution in [0.3, 0.4) is 0 Å². The Morgan fingerprint density at radius 3 is 3.17 bits per heavy atom. The molecule has 2 aliphatic heterocycles. The number of hydrogen-bond donors (Lipinski definition) is 3. The van der Waals surface area contributed by atoms with E-state index in [1.807, 2.05) is 13.1 Å². The molecule has 0 saturated carbocycles. The number of fused-ring (bicyclic) bond motifs is 3. The minimum atomic E-state index is -0.119. The van der Waals surface area contributed by atoms with E-state index in [2.05, 4.69) is 30.9 Å². The Morgan fingerprint density at radius 2 is 2.30 bits per heavy atom. The molecule has 0 aliphatic carbocycles. The van der Waals surface area contributed by atoms with Gasteiger partial charge in [0.15, 0.2) is 5.65 Å². The molecule has 122 valence electrons. The lowest BCUT2D eigenvalue weighted by Crippen LogP contribution is -2.30. The second kappa shape index (κ2) is 5.69. The largest absolute Gasteiger partial charge is 0.373 e. The maximum Gasteiger partial charge on any atom is 0.256 e. The van der Waals surface area contributed by atoms with Gasteiger partial charge in [0.05, 0.1) is 6.20 Å². The number of nitrogens with one attached hydrogen (secondary N) is 3. The van der Waals surface area contributed by atoms with Crippen LogP contribution in [0.5, 0.6) is 0 Å². The second-order valence-corrected chi connectivity index (χ2v) is 6.11. The summed E-state index contributed by atoms with van der Waals surface area (Å²) >= 11 is 0. The van der Waals surface area contributed by atoms with Crippen molar-refractivity contribution in [3.05, 3.63) is 17.8 Å². The molecule has 2 aromatic rings. The lowest BCUT2D eigenvalue weighted by Gasteiger charge is -2.17. The number of aromatic nitrogens is 3. The van der Waals surface area contributed by atoms with E-state index in [1.54, 1.807) is 10.7 Å². The highest BCUT2D eigenvalue weighted by Gasteiger charge is 2.24. The van der Waals surface area contributed by atoms with Crippen LogP contribution < -0.4 is 16.0 Å². The lowest BCUT2D eigenvalue weighted by molar-refractivity contribution is 0.0953. The predicted molar refractivity (Wildman–Crippen MR) is 88.0 cm³/mol. The highest BCUT2D eigenvalue weighted by Crippen LogP contribution is 2.21. The van der Waals surface area contributed by atoms with E-state index in [0.29, 0.717) is 23.8 Å². The first kappa shape index (κ1) is 14.3. The molecule has 2 unspecified atom stereocenters. The van der Waals surface area contributed by atoms with Gasteiger partial charge in [0.25, 0.3) is 5.91 Å². The molecule has 23 heavy (non-hydrogen) atoms. The van der Waals surface area contributed by atoms with Gasteiger partial charge in [-0.1, -0.05) is 0 Å². The predicted octanol–water partition coefficient (Wildman–Crippen LogP) is 0.391. The molecule has 1 fully saturated rings. The van der Waals surface area contributed by atoms with E-state index in [9.17, 15) is 4.79 Å². The van der Waals surface area contributed by atoms with Crippen LogP contribution in [0.1, 0.15) is 23.2 Å². The third-order valence-electron chi connectivity index (χ3n) is 4.53. The maximum absolute atomic E-state index is 12.4. The van der Waals surface area contributed by atoms with Gasteiger partial charge in [0, 0.05) is 38.8 Å². The Labute approximate surface area is 134 Å². The minimum absolute atomic E-state index is 0.119. The summed E-state index contributed by atoms with van der Waals surface area (Å²) in [5.41, 5.74) is 1.08. The van der Waals surface area contributed by atoms with Gasteiger partial charge in [-0.05, 0) is 19.4 Å². The Kier molecular flexibility index (Phi) is 3.53. The van der Waals surface area contributed by atoms with Crippen LogP contribution in [-0.2, 0) is 0 Å². The molecular formula is C15H21N7O. The molecular weight excluding hydrogens is 294 g/mol. The van der Waals surface area contributed by atoms with Crippen LogP contribution in [-0.4, -0.2) is 64.7 Å². The van der Waals surface area contributed by atoms with Crippen molar-refractivity contribution in [1.29, 1.82) is 0 Å². The lowest BCUT2D eigenvalue weighted by atomic mass is 10.2. The van der Waals surface area contributed by atoms with E-state index < -0.39 is 0 Å². The summed E-state index contributed by atoms with van der Waals surface area (Å²) in [5.74, 6) is 1.47. The summed E-state index contributed by atoms with van der Waals surface area (Å²) in [7, 11) is 1.84. The summed E-state index contributed by atoms with van der Waals surface area (Å²) in [4.78, 5) is 19.5. The van der Waals surface area contributed by atoms with E-state index in [4.69, 9.17) is 0 Å². The van der Waals surface area contributed by atoms with Crippen LogP contribution in [0, 0.1) is 0 Å². The van der Waals surface area contributed by atoms with Crippen molar-refractivity contribution >= 4 is 23.2 Å². The third-order valence-corrected chi connectivity index (χ3v) is 4.53. The van der Waals surface area contributed by atoms with Crippen molar-refractivity contribution in [1.82, 2.24) is 24.8 Å². The van der Waals surface area contributed by atoms with Crippen molar-refractivity contribution in [2.45, 2.75) is 18.9 Å². The molecule has 0 spiro atoms. The first-order valence-corrected chi connectivity index (χ1v) is 8.08. The summed E-state index contributed by atoms with van der Waals surface area (Å²) in [6.45, 7) is 3.78. The van der Waals surface area contributed by atoms with E-state index in [1.165, 1.54) is 0 Å². The zero-order valence-corrected chi connectivity index (χ0v) is 13.2. The van der Waals surface area contributed by atoms with Gasteiger partial charge in [-0.25, -0.2) is 4.98 Å². The normalized spacial score (nSPS) is 24.5. The minimum Gasteiger partial charge on any atom is -0.373 e. The van der Waals surface area contributed by atoms with Crippen LogP contribution in [0.25, 0.3) is 5.65 Å². The van der Waals surface area contributed by atoms with Gasteiger partial charge >= 0.3 is 0 Å². The molecule has 2 aromatic heterocycles. The zero-order chi connectivity index (χ0) is 15.8. The van der Waals surface area contributed by atoms with Crippen LogP contribution in [0.15, 0.2) is 12.3 Å². The molecule has 0 radical (unpaired) electrons. The Hall–Kier alpha value is -2.35. The van der Waals surface area contributed by atoms with Crippen molar-refractivity contribution in [2.75, 3.05) is 43.9 Å². The number of amides is 1. The van der Waals surface area contributed by atoms with Crippen molar-refractivity contribution in [3.63, 3.8) is 0 Å². The standard InChI is InChI=1S/C15H21N7O/c1-16-13-7-12-19-10-3-6-21(9-10)5-2-4-17-15(23)11-8-18-22(13)14(11)20-12/h7-8,10,16H,2-6,9H2,1H3,(H,17,23)(H,19,20). The quantitative estimate of drug-likeness (QED) is 0.706. The number of carbonyl (C=O) groups is 1. The van der Waals surface area contributed by atoms with E-state index in [-0.39, 0.29) is 5.91 Å². The van der Waals surface area contributed by atoms with E-state index >= 15 is 0 Å². The average Bonchev–Trinajstić information content (AvgIpc) is 3.17. The number of rotatable bonds is 1. The fourth-order valence-electron chi connectivity index (χ4n) is 3.34. The monoisotopic (exact) mass is 315 g/mol. The average molecular weight is 315 g/mol. The van der Waals surface area contributed by atoms with Gasteiger partial charge < -0.3 is 20.9 Å². The molecule has 8 heteroatoms. The van der Waals surface area contributed by atoms with Gasteiger partial charge in [-0.2, -0.15) is 9.61 Å². The maximum atomic E-state index is 12.4. The molecule has 4 heterocycles. The molecule has 3 N–H and O–H groups in total. The molecule has 4 rings (SSSR count). The van der Waals surface area contributed by atoms with Crippen molar-refractivity contribution in [3.8, 4) is 0 Å². The smallest absolute Gasteiger partial charge is 0.256 e. The summed E-state index contributed by atoms with van der Waals surface area (Å²) in [6, 6.07) is 2.33. The highest BCUT2D eigenvalue weighted by atomic mass is 16.1. The number of hydrogen-bond acceptors (Lipinski definition) is 6. The topological polar surface area (TPSA) is 86.6 Å². The van der Waals surface area contributed by atoms with Crippen molar-refractivity contribution < 1.29 is 4.79 Å². The van der Waals surface area contributed by atoms with Gasteiger partial charge in [0.1, 0.15) is 17.2 Å². The summed E-state index contributed by atoms with van der Waals surface area (Å²) < 4.78 is 1.67. The van der Waals surface area contributed by atoms with E-state index in [0.717, 1.165) is 44.1 Å². The molecule has 4 bridgehead atoms. The highest BCUT2D eigenvalue weighted by molar-refractivity contribution is 6.00. The Morgan fingerprint density at radius 1 is 1.39 bits per heavy atom. The fourth-order valence-corrected chi connectivity index (χ4v) is 3.34. The zero-order valence-electron chi connectivity index (χ0n) is 13.2. The molecule has 2 atom stereocenters. The first-order chi connectivity index (χ1) is 11.2. The van der Waals surface area contributed by atoms with Gasteiger partial charge in [-0.3, -0.25) is 4.79 Å². The van der Waals surface area contributed by atoms with Crippen molar-refractivity contribution in [2.24, 2.45) is 0 Å². The summed E-state index contributed by atoms with van der Waals surface area (Å²) in [6.07, 6.45) is 3.65. The molecule has 2 aliphatic rings. The number of anilines is 2. The van der Waals surface area contributed by atoms with Gasteiger partial charge in [0.2, 0.25) is 0 Å². The Balaban J connectivity index is 1.79. The Bertz CT molecular complexity index is 741. The number of carbonyl (C=O) groups excluding carboxylic acids is 1. The molecule has 8 nitrogen and oxygen atoms in total. The second-order valence-electron chi connectivity index (χ2n) is 6.11. The van der Waals surface area contributed by atoms with Crippen LogP contribution in [0.2, 0.25) is 0 Å². The molecule has 1 saturated heterocycles. The van der Waals surface area contributed by atoms with Gasteiger partial charge in [-0.15, -0.1) is 0 Å². The first-order valence-electron chi connectivity index (χ1n) is 8.08. The van der Waals surface area contributed by atoms with Crippen LogP contribution >= 0.6 is 0 Å². The molecule has 0 aromatic carbocycles.